The smallest absolute Gasteiger partial charge is 0.295 e. The van der Waals surface area contributed by atoms with Crippen molar-refractivity contribution in [2.75, 3.05) is 5.32 Å². The van der Waals surface area contributed by atoms with Gasteiger partial charge in [0.05, 0.1) is 12.6 Å². The summed E-state index contributed by atoms with van der Waals surface area (Å²) in [5.74, 6) is -0.831. The molecule has 0 spiro atoms. The molecule has 1 aromatic heterocycles. The van der Waals surface area contributed by atoms with Crippen LogP contribution >= 0.6 is 15.9 Å². The van der Waals surface area contributed by atoms with Crippen molar-refractivity contribution < 1.29 is 14.3 Å². The van der Waals surface area contributed by atoms with E-state index in [0.717, 1.165) is 4.47 Å². The summed E-state index contributed by atoms with van der Waals surface area (Å²) in [6.07, 6.45) is 0.478. The van der Waals surface area contributed by atoms with Gasteiger partial charge < -0.3 is 10.4 Å². The highest BCUT2D eigenvalue weighted by molar-refractivity contribution is 9.10. The van der Waals surface area contributed by atoms with Gasteiger partial charge in [0.25, 0.3) is 5.91 Å². The van der Waals surface area contributed by atoms with Gasteiger partial charge in [0.2, 0.25) is 5.82 Å². The molecule has 1 amide bonds. The Morgan fingerprint density at radius 1 is 1.28 bits per heavy atom. The van der Waals surface area contributed by atoms with E-state index in [1.807, 2.05) is 6.07 Å². The number of nitrogens with one attached hydrogen (secondary N) is 1. The quantitative estimate of drug-likeness (QED) is 0.684. The van der Waals surface area contributed by atoms with Crippen LogP contribution in [0.1, 0.15) is 22.3 Å². The molecule has 25 heavy (non-hydrogen) atoms. The molecule has 0 radical (unpaired) electrons. The predicted octanol–water partition coefficient (Wildman–Crippen LogP) is 3.17. The van der Waals surface area contributed by atoms with Crippen LogP contribution in [0.25, 0.3) is 0 Å². The van der Waals surface area contributed by atoms with Gasteiger partial charge in [-0.05, 0) is 35.9 Å². The fraction of sp³-hybridized carbons (Fsp3) is 0.118. The van der Waals surface area contributed by atoms with Crippen molar-refractivity contribution in [1.29, 1.82) is 0 Å². The van der Waals surface area contributed by atoms with E-state index >= 15 is 0 Å². The summed E-state index contributed by atoms with van der Waals surface area (Å²) in [6.45, 7) is 0.1000. The van der Waals surface area contributed by atoms with Crippen LogP contribution in [-0.4, -0.2) is 25.8 Å². The summed E-state index contributed by atoms with van der Waals surface area (Å²) in [6, 6.07) is 12.7. The van der Waals surface area contributed by atoms with Crippen LogP contribution in [0.4, 0.5) is 10.1 Å². The van der Waals surface area contributed by atoms with E-state index in [0.29, 0.717) is 11.3 Å². The van der Waals surface area contributed by atoms with E-state index in [1.165, 1.54) is 35.3 Å². The van der Waals surface area contributed by atoms with Crippen LogP contribution in [0.5, 0.6) is 0 Å². The normalized spacial score (nSPS) is 12.0. The van der Waals surface area contributed by atoms with Gasteiger partial charge in [-0.25, -0.2) is 14.1 Å². The third-order valence-corrected chi connectivity index (χ3v) is 3.93. The first kappa shape index (κ1) is 17.2. The lowest BCUT2D eigenvalue weighted by Gasteiger charge is -2.10. The van der Waals surface area contributed by atoms with Gasteiger partial charge in [-0.1, -0.05) is 34.1 Å². The number of carbonyl (C=O) groups excluding carboxylic acids is 1. The van der Waals surface area contributed by atoms with Gasteiger partial charge in [0, 0.05) is 10.2 Å². The van der Waals surface area contributed by atoms with Crippen molar-refractivity contribution in [1.82, 2.24) is 14.8 Å². The first-order valence-electron chi connectivity index (χ1n) is 7.41. The molecule has 128 valence electrons. The molecule has 0 aliphatic carbocycles. The number of aliphatic hydroxyl groups excluding tert-OH is 1. The minimum atomic E-state index is -0.886. The molecule has 0 saturated heterocycles. The summed E-state index contributed by atoms with van der Waals surface area (Å²) in [4.78, 5) is 16.1. The van der Waals surface area contributed by atoms with Crippen LogP contribution in [0, 0.1) is 5.82 Å². The lowest BCUT2D eigenvalue weighted by atomic mass is 10.1. The number of hydrogen-bond acceptors (Lipinski definition) is 4. The van der Waals surface area contributed by atoms with Crippen LogP contribution in [0.15, 0.2) is 59.3 Å². The Balaban J connectivity index is 1.65. The molecule has 3 aromatic rings. The monoisotopic (exact) mass is 404 g/mol. The van der Waals surface area contributed by atoms with Crippen molar-refractivity contribution in [2.45, 2.75) is 12.6 Å². The molecular weight excluding hydrogens is 391 g/mol. The first-order chi connectivity index (χ1) is 12.0. The number of nitrogens with zero attached hydrogens (tertiary/aromatic N) is 3. The Morgan fingerprint density at radius 3 is 2.76 bits per heavy atom. The van der Waals surface area contributed by atoms with Gasteiger partial charge in [0.1, 0.15) is 12.1 Å². The average Bonchev–Trinajstić information content (AvgIpc) is 3.04. The third kappa shape index (κ3) is 4.49. The zero-order chi connectivity index (χ0) is 17.8. The SMILES string of the molecule is O=C(Nc1cccc(Br)c1)c1ncn(CC(O)c2ccc(F)cc2)n1. The highest BCUT2D eigenvalue weighted by Gasteiger charge is 2.14. The molecule has 8 heteroatoms. The number of benzene rings is 2. The number of aliphatic hydroxyl groups is 1. The number of aromatic nitrogens is 3. The minimum absolute atomic E-state index is 0.00807. The second kappa shape index (κ2) is 7.54. The fourth-order valence-electron chi connectivity index (χ4n) is 2.21. The maximum Gasteiger partial charge on any atom is 0.295 e. The Kier molecular flexibility index (Phi) is 5.20. The van der Waals surface area contributed by atoms with Gasteiger partial charge in [-0.15, -0.1) is 5.10 Å². The van der Waals surface area contributed by atoms with Gasteiger partial charge in [0.15, 0.2) is 0 Å². The standard InChI is InChI=1S/C17H14BrFN4O2/c18-12-2-1-3-14(8-12)21-17(25)16-20-10-23(22-16)9-15(24)11-4-6-13(19)7-5-11/h1-8,10,15,24H,9H2,(H,21,25). The van der Waals surface area contributed by atoms with Crippen LogP contribution < -0.4 is 5.32 Å². The molecule has 6 nitrogen and oxygen atoms in total. The highest BCUT2D eigenvalue weighted by atomic mass is 79.9. The Morgan fingerprint density at radius 2 is 2.04 bits per heavy atom. The van der Waals surface area contributed by atoms with E-state index in [9.17, 15) is 14.3 Å². The maximum absolute atomic E-state index is 12.9. The highest BCUT2D eigenvalue weighted by Crippen LogP contribution is 2.17. The molecule has 0 aliphatic heterocycles. The summed E-state index contributed by atoms with van der Waals surface area (Å²) >= 11 is 3.33. The summed E-state index contributed by atoms with van der Waals surface area (Å²) in [5, 5.41) is 16.9. The number of rotatable bonds is 5. The molecule has 3 rings (SSSR count). The number of carbonyl (C=O) groups is 1. The van der Waals surface area contributed by atoms with E-state index in [1.54, 1.807) is 18.2 Å². The van der Waals surface area contributed by atoms with Gasteiger partial charge >= 0.3 is 0 Å². The van der Waals surface area contributed by atoms with Crippen molar-refractivity contribution >= 4 is 27.5 Å². The summed E-state index contributed by atoms with van der Waals surface area (Å²) in [5.41, 5.74) is 1.17. The predicted molar refractivity (Wildman–Crippen MR) is 93.5 cm³/mol. The molecule has 0 fully saturated rings. The fourth-order valence-corrected chi connectivity index (χ4v) is 2.61. The molecule has 1 unspecified atom stereocenters. The number of anilines is 1. The zero-order valence-electron chi connectivity index (χ0n) is 12.9. The zero-order valence-corrected chi connectivity index (χ0v) is 14.5. The Bertz CT molecular complexity index is 882. The first-order valence-corrected chi connectivity index (χ1v) is 8.20. The molecule has 0 saturated carbocycles. The van der Waals surface area contributed by atoms with E-state index in [2.05, 4.69) is 31.3 Å². The summed E-state index contributed by atoms with van der Waals surface area (Å²) in [7, 11) is 0. The second-order valence-electron chi connectivity index (χ2n) is 5.32. The van der Waals surface area contributed by atoms with Crippen molar-refractivity contribution in [3.63, 3.8) is 0 Å². The third-order valence-electron chi connectivity index (χ3n) is 3.44. The number of hydrogen-bond donors (Lipinski definition) is 2. The van der Waals surface area contributed by atoms with Crippen LogP contribution in [0.2, 0.25) is 0 Å². The van der Waals surface area contributed by atoms with Crippen molar-refractivity contribution in [3.05, 3.63) is 76.5 Å². The molecule has 0 bridgehead atoms. The van der Waals surface area contributed by atoms with E-state index in [-0.39, 0.29) is 18.2 Å². The minimum Gasteiger partial charge on any atom is -0.386 e. The number of amides is 1. The lowest BCUT2D eigenvalue weighted by Crippen LogP contribution is -2.15. The van der Waals surface area contributed by atoms with E-state index in [4.69, 9.17) is 0 Å². The maximum atomic E-state index is 12.9. The van der Waals surface area contributed by atoms with E-state index < -0.39 is 12.0 Å². The largest absolute Gasteiger partial charge is 0.386 e. The Labute approximate surface area is 151 Å². The van der Waals surface area contributed by atoms with Crippen molar-refractivity contribution in [2.24, 2.45) is 0 Å². The topological polar surface area (TPSA) is 80.0 Å². The molecule has 2 aromatic carbocycles. The second-order valence-corrected chi connectivity index (χ2v) is 6.24. The van der Waals surface area contributed by atoms with Gasteiger partial charge in [-0.3, -0.25) is 4.79 Å². The van der Waals surface area contributed by atoms with Gasteiger partial charge in [-0.2, -0.15) is 0 Å². The molecule has 0 aliphatic rings. The van der Waals surface area contributed by atoms with Crippen LogP contribution in [-0.2, 0) is 6.54 Å². The molecule has 1 heterocycles. The summed E-state index contributed by atoms with van der Waals surface area (Å²) < 4.78 is 15.1. The van der Waals surface area contributed by atoms with Crippen LogP contribution in [0.3, 0.4) is 0 Å². The molecule has 2 N–H and O–H groups in total. The molecule has 1 atom stereocenters. The molecular formula is C17H14BrFN4O2. The lowest BCUT2D eigenvalue weighted by molar-refractivity contribution is 0.101. The van der Waals surface area contributed by atoms with Crippen molar-refractivity contribution in [3.8, 4) is 0 Å². The number of halogens is 2. The average molecular weight is 405 g/mol. The Hall–Kier alpha value is -2.58.